The number of hydrogen-bond acceptors (Lipinski definition) is 6. The maximum Gasteiger partial charge on any atom is 0.335 e. The van der Waals surface area contributed by atoms with Crippen molar-refractivity contribution in [3.8, 4) is 0 Å². The first-order valence-electron chi connectivity index (χ1n) is 16.8. The van der Waals surface area contributed by atoms with Crippen LogP contribution >= 0.6 is 36.2 Å². The summed E-state index contributed by atoms with van der Waals surface area (Å²) in [6.45, 7) is 2.75. The van der Waals surface area contributed by atoms with E-state index < -0.39 is 23.5 Å². The summed E-state index contributed by atoms with van der Waals surface area (Å²) in [5.41, 5.74) is 3.53. The largest absolute Gasteiger partial charge is 0.478 e. The topological polar surface area (TPSA) is 111 Å². The zero-order chi connectivity index (χ0) is 34.1. The Morgan fingerprint density at radius 1 is 0.824 bits per heavy atom. The van der Waals surface area contributed by atoms with Gasteiger partial charge in [0.25, 0.3) is 11.8 Å². The van der Waals surface area contributed by atoms with Gasteiger partial charge in [-0.15, -0.1) is 36.2 Å². The first kappa shape index (κ1) is 38.4. The highest BCUT2D eigenvalue weighted by molar-refractivity contribution is 7.17. The Bertz CT molecular complexity index is 1890. The van der Waals surface area contributed by atoms with Gasteiger partial charge in [-0.3, -0.25) is 14.5 Å². The highest BCUT2D eigenvalue weighted by atomic mass is 35.5. The third kappa shape index (κ3) is 8.78. The molecule has 2 bridgehead atoms. The Morgan fingerprint density at radius 2 is 1.51 bits per heavy atom. The van der Waals surface area contributed by atoms with Gasteiger partial charge in [0.2, 0.25) is 0 Å². The van der Waals surface area contributed by atoms with Crippen LogP contribution in [0.15, 0.2) is 60.7 Å². The number of amides is 2. The van der Waals surface area contributed by atoms with Crippen molar-refractivity contribution in [2.45, 2.75) is 70.0 Å². The lowest BCUT2D eigenvalue weighted by Gasteiger charge is -2.32. The van der Waals surface area contributed by atoms with Gasteiger partial charge in [0.05, 0.1) is 11.1 Å². The standard InChI is InChI=1S/C38H38F2N4O4S.2ClH/c39-31-17-28(18-32(40)29(31)15-10-22-8-11-24(12-9-22)38(47)48)42-36(46)34-30-6-1-2-7-33(30)49-37(34)43-35(45)25-5-3-4-23(16-25)19-44-20-26-13-14-27(21-44)41-26;;/h3-5,8-9,11-12,16-18,26-27,41H,1-2,6-7,10,13-15,19-21H2,(H,42,46)(H,43,45)(H,47,48);2*1H. The number of benzene rings is 3. The van der Waals surface area contributed by atoms with Crippen LogP contribution in [0.1, 0.15) is 83.9 Å². The number of carbonyl (C=O) groups is 3. The normalized spacial score (nSPS) is 17.8. The number of hydrogen-bond donors (Lipinski definition) is 4. The van der Waals surface area contributed by atoms with Gasteiger partial charge < -0.3 is 21.1 Å². The number of likely N-dealkylation sites (tertiary alicyclic amines) is 1. The zero-order valence-corrected chi connectivity index (χ0v) is 30.3. The molecule has 0 saturated carbocycles. The van der Waals surface area contributed by atoms with E-state index in [0.717, 1.165) is 72.6 Å². The predicted octanol–water partition coefficient (Wildman–Crippen LogP) is 7.67. The van der Waals surface area contributed by atoms with E-state index in [9.17, 15) is 14.4 Å². The van der Waals surface area contributed by atoms with Crippen molar-refractivity contribution in [2.24, 2.45) is 0 Å². The Morgan fingerprint density at radius 3 is 2.20 bits per heavy atom. The molecule has 0 radical (unpaired) electrons. The fourth-order valence-corrected chi connectivity index (χ4v) is 8.63. The number of carbonyl (C=O) groups excluding carboxylic acids is 2. The number of aryl methyl sites for hydroxylation is 2. The van der Waals surface area contributed by atoms with Crippen LogP contribution in [0, 0.1) is 11.6 Å². The third-order valence-corrected chi connectivity index (χ3v) is 11.0. The van der Waals surface area contributed by atoms with Crippen molar-refractivity contribution < 1.29 is 28.3 Å². The molecule has 1 aromatic heterocycles. The number of nitrogens with one attached hydrogen (secondary N) is 3. The summed E-state index contributed by atoms with van der Waals surface area (Å²) in [6, 6.07) is 17.0. The molecule has 2 aliphatic heterocycles. The molecule has 7 rings (SSSR count). The molecule has 13 heteroatoms. The molecule has 270 valence electrons. The number of rotatable bonds is 10. The third-order valence-electron chi connectivity index (χ3n) is 9.78. The Labute approximate surface area is 311 Å². The van der Waals surface area contributed by atoms with Crippen molar-refractivity contribution in [2.75, 3.05) is 23.7 Å². The number of nitrogens with zero attached hydrogens (tertiary/aromatic N) is 1. The van der Waals surface area contributed by atoms with Gasteiger partial charge in [-0.2, -0.15) is 0 Å². The van der Waals surface area contributed by atoms with Crippen LogP contribution in [0.3, 0.4) is 0 Å². The molecule has 2 saturated heterocycles. The number of carboxylic acids is 1. The van der Waals surface area contributed by atoms with Gasteiger partial charge in [-0.1, -0.05) is 24.3 Å². The van der Waals surface area contributed by atoms with Crippen LogP contribution < -0.4 is 16.0 Å². The number of thiophene rings is 1. The Hall–Kier alpha value is -3.87. The molecule has 3 aromatic carbocycles. The number of anilines is 2. The molecule has 0 spiro atoms. The number of halogens is 4. The second-order valence-electron chi connectivity index (χ2n) is 13.3. The lowest BCUT2D eigenvalue weighted by molar-refractivity contribution is 0.0696. The van der Waals surface area contributed by atoms with E-state index >= 15 is 8.78 Å². The fourth-order valence-electron chi connectivity index (χ4n) is 7.35. The summed E-state index contributed by atoms with van der Waals surface area (Å²) in [5, 5.41) is 18.8. The minimum Gasteiger partial charge on any atom is -0.478 e. The maximum atomic E-state index is 15.2. The van der Waals surface area contributed by atoms with Crippen LogP contribution in [-0.4, -0.2) is 53.0 Å². The van der Waals surface area contributed by atoms with E-state index in [0.29, 0.717) is 41.1 Å². The fraction of sp³-hybridized carbons (Fsp3) is 0.342. The van der Waals surface area contributed by atoms with Crippen LogP contribution in [0.2, 0.25) is 0 Å². The molecule has 2 fully saturated rings. The molecule has 2 atom stereocenters. The average molecular weight is 758 g/mol. The van der Waals surface area contributed by atoms with E-state index in [-0.39, 0.29) is 54.0 Å². The summed E-state index contributed by atoms with van der Waals surface area (Å²) in [4.78, 5) is 41.9. The zero-order valence-electron chi connectivity index (χ0n) is 27.8. The molecule has 4 N–H and O–H groups in total. The van der Waals surface area contributed by atoms with Crippen LogP contribution in [0.5, 0.6) is 0 Å². The monoisotopic (exact) mass is 756 g/mol. The summed E-state index contributed by atoms with van der Waals surface area (Å²) < 4.78 is 30.4. The van der Waals surface area contributed by atoms with Crippen molar-refractivity contribution in [1.82, 2.24) is 10.2 Å². The lowest BCUT2D eigenvalue weighted by atomic mass is 9.95. The van der Waals surface area contributed by atoms with E-state index in [1.165, 1.54) is 36.3 Å². The van der Waals surface area contributed by atoms with Crippen LogP contribution in [0.4, 0.5) is 19.5 Å². The maximum absolute atomic E-state index is 15.2. The van der Waals surface area contributed by atoms with Crippen molar-refractivity contribution in [3.63, 3.8) is 0 Å². The average Bonchev–Trinajstić information content (AvgIpc) is 3.62. The van der Waals surface area contributed by atoms with Gasteiger partial charge in [-0.05, 0) is 104 Å². The Balaban J connectivity index is 0.00000252. The van der Waals surface area contributed by atoms with Gasteiger partial charge in [0.1, 0.15) is 16.6 Å². The summed E-state index contributed by atoms with van der Waals surface area (Å²) in [7, 11) is 0. The molecular formula is C38H40Cl2F2N4O4S. The highest BCUT2D eigenvalue weighted by Crippen LogP contribution is 2.39. The van der Waals surface area contributed by atoms with Gasteiger partial charge >= 0.3 is 5.97 Å². The molecule has 2 unspecified atom stereocenters. The molecule has 8 nitrogen and oxygen atoms in total. The number of fused-ring (bicyclic) bond motifs is 3. The molecule has 4 aromatic rings. The first-order valence-corrected chi connectivity index (χ1v) is 17.7. The quantitative estimate of drug-likeness (QED) is 0.132. The molecule has 3 aliphatic rings. The smallest absolute Gasteiger partial charge is 0.335 e. The first-order chi connectivity index (χ1) is 23.7. The second-order valence-corrected chi connectivity index (χ2v) is 14.4. The van der Waals surface area contributed by atoms with E-state index in [1.54, 1.807) is 18.2 Å². The molecular weight excluding hydrogens is 717 g/mol. The number of carboxylic acid groups (broad SMARTS) is 1. The van der Waals surface area contributed by atoms with Crippen molar-refractivity contribution >= 4 is 64.6 Å². The summed E-state index contributed by atoms with van der Waals surface area (Å²) in [6.07, 6.45) is 6.15. The summed E-state index contributed by atoms with van der Waals surface area (Å²) in [5.74, 6) is -3.45. The van der Waals surface area contributed by atoms with Gasteiger partial charge in [0.15, 0.2) is 0 Å². The highest BCUT2D eigenvalue weighted by Gasteiger charge is 2.32. The molecule has 3 heterocycles. The minimum atomic E-state index is -1.04. The molecule has 51 heavy (non-hydrogen) atoms. The van der Waals surface area contributed by atoms with E-state index in [2.05, 4.69) is 20.9 Å². The van der Waals surface area contributed by atoms with E-state index in [1.807, 2.05) is 18.2 Å². The minimum absolute atomic E-state index is 0. The van der Waals surface area contributed by atoms with Crippen LogP contribution in [0.25, 0.3) is 0 Å². The van der Waals surface area contributed by atoms with Gasteiger partial charge in [0, 0.05) is 53.4 Å². The molecule has 2 amide bonds. The SMILES string of the molecule is Cl.Cl.O=C(O)c1ccc(CCc2c(F)cc(NC(=O)c3c(NC(=O)c4cccc(CN5CC6CCC(C5)N6)c4)sc4c3CCCC4)cc2F)cc1. The van der Waals surface area contributed by atoms with Crippen molar-refractivity contribution in [1.29, 1.82) is 0 Å². The number of aromatic carboxylic acids is 1. The number of piperazine rings is 1. The van der Waals surface area contributed by atoms with Crippen LogP contribution in [-0.2, 0) is 32.2 Å². The van der Waals surface area contributed by atoms with Crippen molar-refractivity contribution in [3.05, 3.63) is 116 Å². The predicted molar refractivity (Wildman–Crippen MR) is 200 cm³/mol. The van der Waals surface area contributed by atoms with Gasteiger partial charge in [-0.25, -0.2) is 13.6 Å². The second kappa shape index (κ2) is 16.6. The van der Waals surface area contributed by atoms with E-state index in [4.69, 9.17) is 5.11 Å². The Kier molecular flexibility index (Phi) is 12.5. The lowest BCUT2D eigenvalue weighted by Crippen LogP contribution is -2.50. The summed E-state index contributed by atoms with van der Waals surface area (Å²) >= 11 is 1.39. The molecule has 1 aliphatic carbocycles.